The van der Waals surface area contributed by atoms with Crippen molar-refractivity contribution in [1.29, 1.82) is 0 Å². The van der Waals surface area contributed by atoms with Crippen molar-refractivity contribution in [2.75, 3.05) is 13.1 Å². The van der Waals surface area contributed by atoms with Gasteiger partial charge < -0.3 is 15.7 Å². The van der Waals surface area contributed by atoms with Gasteiger partial charge in [-0.15, -0.1) is 0 Å². The molecule has 2 fully saturated rings. The number of hydrogen-bond acceptors (Lipinski definition) is 3. The molecule has 4 atom stereocenters. The van der Waals surface area contributed by atoms with Crippen LogP contribution in [0.1, 0.15) is 39.0 Å². The quantitative estimate of drug-likeness (QED) is 0.802. The number of piperidine rings is 1. The zero-order chi connectivity index (χ0) is 14.0. The Labute approximate surface area is 114 Å². The fourth-order valence-corrected chi connectivity index (χ4v) is 3.67. The van der Waals surface area contributed by atoms with E-state index in [1.54, 1.807) is 4.90 Å². The van der Waals surface area contributed by atoms with Crippen LogP contribution in [-0.2, 0) is 9.59 Å². The molecule has 1 aliphatic carbocycles. The Morgan fingerprint density at radius 2 is 2.00 bits per heavy atom. The molecule has 1 saturated heterocycles. The second kappa shape index (κ2) is 5.90. The molecule has 0 aromatic rings. The van der Waals surface area contributed by atoms with Gasteiger partial charge in [0.25, 0.3) is 0 Å². The lowest BCUT2D eigenvalue weighted by Crippen LogP contribution is -2.54. The van der Waals surface area contributed by atoms with Crippen molar-refractivity contribution in [2.45, 2.75) is 45.1 Å². The van der Waals surface area contributed by atoms with Crippen molar-refractivity contribution >= 4 is 11.9 Å². The van der Waals surface area contributed by atoms with Crippen LogP contribution in [0, 0.1) is 17.8 Å². The fraction of sp³-hybridized carbons (Fsp3) is 0.857. The van der Waals surface area contributed by atoms with Gasteiger partial charge in [0.05, 0.1) is 0 Å². The predicted octanol–water partition coefficient (Wildman–Crippen LogP) is 1.07. The van der Waals surface area contributed by atoms with Gasteiger partial charge in [0, 0.05) is 12.5 Å². The van der Waals surface area contributed by atoms with Crippen LogP contribution < -0.4 is 5.73 Å². The molecule has 1 saturated carbocycles. The Hall–Kier alpha value is -1.10. The third kappa shape index (κ3) is 2.76. The maximum atomic E-state index is 12.6. The molecule has 0 radical (unpaired) electrons. The van der Waals surface area contributed by atoms with E-state index < -0.39 is 12.0 Å². The van der Waals surface area contributed by atoms with Gasteiger partial charge in [-0.25, -0.2) is 4.79 Å². The highest BCUT2D eigenvalue weighted by Crippen LogP contribution is 2.34. The molecule has 0 aromatic carbocycles. The molecular weight excluding hydrogens is 244 g/mol. The van der Waals surface area contributed by atoms with Crippen molar-refractivity contribution < 1.29 is 14.7 Å². The number of likely N-dealkylation sites (tertiary alicyclic amines) is 1. The van der Waals surface area contributed by atoms with Gasteiger partial charge in [0.1, 0.15) is 6.04 Å². The first-order chi connectivity index (χ1) is 9.06. The standard InChI is InChI=1S/C14H24N2O3/c1-9-4-3-7-16(12(9)14(18)19)13(17)11-6-2-5-10(11)8-15/h9-12H,2-8,15H2,1H3,(H,18,19). The summed E-state index contributed by atoms with van der Waals surface area (Å²) >= 11 is 0. The Morgan fingerprint density at radius 1 is 1.26 bits per heavy atom. The van der Waals surface area contributed by atoms with Crippen molar-refractivity contribution in [1.82, 2.24) is 4.90 Å². The molecule has 0 bridgehead atoms. The van der Waals surface area contributed by atoms with E-state index in [1.807, 2.05) is 6.92 Å². The Bertz CT molecular complexity index is 359. The van der Waals surface area contributed by atoms with E-state index in [4.69, 9.17) is 5.73 Å². The minimum Gasteiger partial charge on any atom is -0.480 e. The highest BCUT2D eigenvalue weighted by molar-refractivity contribution is 5.86. The predicted molar refractivity (Wildman–Crippen MR) is 71.4 cm³/mol. The number of aliphatic carboxylic acids is 1. The van der Waals surface area contributed by atoms with Crippen LogP contribution in [0.15, 0.2) is 0 Å². The molecule has 0 spiro atoms. The summed E-state index contributed by atoms with van der Waals surface area (Å²) in [5.74, 6) is -0.640. The van der Waals surface area contributed by atoms with Crippen LogP contribution in [0.5, 0.6) is 0 Å². The number of carbonyl (C=O) groups excluding carboxylic acids is 1. The van der Waals surface area contributed by atoms with Crippen LogP contribution in [0.25, 0.3) is 0 Å². The van der Waals surface area contributed by atoms with E-state index in [1.165, 1.54) is 0 Å². The summed E-state index contributed by atoms with van der Waals surface area (Å²) in [4.78, 5) is 25.7. The lowest BCUT2D eigenvalue weighted by Gasteiger charge is -2.39. The molecule has 5 heteroatoms. The zero-order valence-corrected chi connectivity index (χ0v) is 11.5. The van der Waals surface area contributed by atoms with Crippen molar-refractivity contribution in [3.05, 3.63) is 0 Å². The molecule has 3 N–H and O–H groups in total. The van der Waals surface area contributed by atoms with E-state index in [-0.39, 0.29) is 23.7 Å². The minimum absolute atomic E-state index is 0.0203. The highest BCUT2D eigenvalue weighted by atomic mass is 16.4. The number of carboxylic acids is 1. The van der Waals surface area contributed by atoms with Gasteiger partial charge in [-0.2, -0.15) is 0 Å². The summed E-state index contributed by atoms with van der Waals surface area (Å²) in [6, 6.07) is -0.653. The number of nitrogens with zero attached hydrogens (tertiary/aromatic N) is 1. The van der Waals surface area contributed by atoms with E-state index in [2.05, 4.69) is 0 Å². The average molecular weight is 268 g/mol. The van der Waals surface area contributed by atoms with Gasteiger partial charge in [0.2, 0.25) is 5.91 Å². The Balaban J connectivity index is 2.14. The summed E-state index contributed by atoms with van der Waals surface area (Å²) in [5.41, 5.74) is 5.73. The molecule has 0 aromatic heterocycles. The van der Waals surface area contributed by atoms with Gasteiger partial charge in [-0.05, 0) is 44.1 Å². The molecule has 1 aliphatic heterocycles. The topological polar surface area (TPSA) is 83.6 Å². The summed E-state index contributed by atoms with van der Waals surface area (Å²) in [5, 5.41) is 9.38. The number of carbonyl (C=O) groups is 2. The summed E-state index contributed by atoms with van der Waals surface area (Å²) < 4.78 is 0. The number of amides is 1. The van der Waals surface area contributed by atoms with Crippen LogP contribution in [0.4, 0.5) is 0 Å². The van der Waals surface area contributed by atoms with Crippen LogP contribution in [0.2, 0.25) is 0 Å². The Kier molecular flexibility index (Phi) is 4.45. The molecule has 5 nitrogen and oxygen atoms in total. The second-order valence-electron chi connectivity index (χ2n) is 5.97. The highest BCUT2D eigenvalue weighted by Gasteiger charge is 2.42. The van der Waals surface area contributed by atoms with Crippen LogP contribution in [0.3, 0.4) is 0 Å². The van der Waals surface area contributed by atoms with E-state index >= 15 is 0 Å². The van der Waals surface area contributed by atoms with Crippen molar-refractivity contribution in [3.63, 3.8) is 0 Å². The summed E-state index contributed by atoms with van der Waals surface area (Å²) in [7, 11) is 0. The first-order valence-corrected chi connectivity index (χ1v) is 7.29. The van der Waals surface area contributed by atoms with Gasteiger partial charge in [0.15, 0.2) is 0 Å². The number of rotatable bonds is 3. The van der Waals surface area contributed by atoms with E-state index in [0.717, 1.165) is 32.1 Å². The molecule has 108 valence electrons. The normalized spacial score (nSPS) is 35.4. The maximum absolute atomic E-state index is 12.6. The third-order valence-corrected chi connectivity index (χ3v) is 4.75. The maximum Gasteiger partial charge on any atom is 0.326 e. The smallest absolute Gasteiger partial charge is 0.326 e. The molecular formula is C14H24N2O3. The number of hydrogen-bond donors (Lipinski definition) is 2. The number of nitrogens with two attached hydrogens (primary N) is 1. The molecule has 1 heterocycles. The van der Waals surface area contributed by atoms with Crippen LogP contribution >= 0.6 is 0 Å². The molecule has 1 amide bonds. The lowest BCUT2D eigenvalue weighted by molar-refractivity contribution is -0.157. The molecule has 2 aliphatic rings. The number of carboxylic acid groups (broad SMARTS) is 1. The molecule has 19 heavy (non-hydrogen) atoms. The SMILES string of the molecule is CC1CCCN(C(=O)C2CCCC2CN)C1C(=O)O. The summed E-state index contributed by atoms with van der Waals surface area (Å²) in [6.45, 7) is 3.03. The van der Waals surface area contributed by atoms with Crippen molar-refractivity contribution in [2.24, 2.45) is 23.5 Å². The van der Waals surface area contributed by atoms with Crippen LogP contribution in [-0.4, -0.2) is 41.0 Å². The largest absolute Gasteiger partial charge is 0.480 e. The minimum atomic E-state index is -0.872. The first kappa shape index (κ1) is 14.3. The van der Waals surface area contributed by atoms with Gasteiger partial charge in [-0.3, -0.25) is 4.79 Å². The average Bonchev–Trinajstić information content (AvgIpc) is 2.85. The monoisotopic (exact) mass is 268 g/mol. The Morgan fingerprint density at radius 3 is 2.63 bits per heavy atom. The van der Waals surface area contributed by atoms with E-state index in [9.17, 15) is 14.7 Å². The second-order valence-corrected chi connectivity index (χ2v) is 5.97. The molecule has 2 rings (SSSR count). The van der Waals surface area contributed by atoms with E-state index in [0.29, 0.717) is 13.1 Å². The first-order valence-electron chi connectivity index (χ1n) is 7.29. The molecule has 4 unspecified atom stereocenters. The fourth-order valence-electron chi connectivity index (χ4n) is 3.67. The van der Waals surface area contributed by atoms with Crippen molar-refractivity contribution in [3.8, 4) is 0 Å². The zero-order valence-electron chi connectivity index (χ0n) is 11.5. The van der Waals surface area contributed by atoms with Gasteiger partial charge >= 0.3 is 5.97 Å². The lowest BCUT2D eigenvalue weighted by atomic mass is 9.87. The third-order valence-electron chi connectivity index (χ3n) is 4.75. The van der Waals surface area contributed by atoms with Gasteiger partial charge in [-0.1, -0.05) is 13.3 Å². The summed E-state index contributed by atoms with van der Waals surface area (Å²) in [6.07, 6.45) is 4.66.